The third kappa shape index (κ3) is 5.94. The Hall–Kier alpha value is -1.26. The molecule has 1 amide bonds. The van der Waals surface area contributed by atoms with E-state index in [4.69, 9.17) is 22.1 Å². The molecule has 0 radical (unpaired) electrons. The van der Waals surface area contributed by atoms with Gasteiger partial charge >= 0.3 is 0 Å². The zero-order chi connectivity index (χ0) is 15.7. The molecular weight excluding hydrogens is 288 g/mol. The third-order valence-corrected chi connectivity index (χ3v) is 4.04. The Kier molecular flexibility index (Phi) is 8.16. The molecule has 0 aliphatic carbocycles. The number of amides is 1. The minimum atomic E-state index is 0.0347. The van der Waals surface area contributed by atoms with Crippen LogP contribution in [0.5, 0.6) is 5.75 Å². The van der Waals surface area contributed by atoms with Gasteiger partial charge in [0.2, 0.25) is 5.91 Å². The first-order valence-corrected chi connectivity index (χ1v) is 7.78. The van der Waals surface area contributed by atoms with Crippen LogP contribution in [0.25, 0.3) is 0 Å². The molecule has 0 fully saturated rings. The molecule has 4 nitrogen and oxygen atoms in total. The number of carbonyl (C=O) groups excluding carboxylic acids is 1. The van der Waals surface area contributed by atoms with E-state index in [2.05, 4.69) is 12.2 Å². The van der Waals surface area contributed by atoms with Crippen molar-refractivity contribution < 1.29 is 9.53 Å². The Bertz CT molecular complexity index is 452. The molecule has 118 valence electrons. The number of nitrogens with two attached hydrogens (primary N) is 1. The van der Waals surface area contributed by atoms with Gasteiger partial charge < -0.3 is 15.8 Å². The molecule has 0 aliphatic rings. The Morgan fingerprint density at radius 3 is 2.81 bits per heavy atom. The van der Waals surface area contributed by atoms with Crippen molar-refractivity contribution in [2.24, 2.45) is 11.7 Å². The topological polar surface area (TPSA) is 64.4 Å². The second kappa shape index (κ2) is 9.64. The van der Waals surface area contributed by atoms with Gasteiger partial charge in [-0.15, -0.1) is 0 Å². The van der Waals surface area contributed by atoms with Gasteiger partial charge in [0.05, 0.1) is 7.11 Å². The van der Waals surface area contributed by atoms with Crippen LogP contribution in [0.1, 0.15) is 38.2 Å². The molecule has 1 atom stereocenters. The van der Waals surface area contributed by atoms with Crippen molar-refractivity contribution in [1.82, 2.24) is 5.32 Å². The van der Waals surface area contributed by atoms with E-state index in [9.17, 15) is 4.79 Å². The molecule has 1 aromatic carbocycles. The van der Waals surface area contributed by atoms with Gasteiger partial charge in [0.15, 0.2) is 0 Å². The van der Waals surface area contributed by atoms with E-state index >= 15 is 0 Å². The predicted molar refractivity (Wildman–Crippen MR) is 86.5 cm³/mol. The lowest BCUT2D eigenvalue weighted by Gasteiger charge is -2.14. The van der Waals surface area contributed by atoms with Gasteiger partial charge in [-0.05, 0) is 37.4 Å². The van der Waals surface area contributed by atoms with Gasteiger partial charge in [0, 0.05) is 23.6 Å². The summed E-state index contributed by atoms with van der Waals surface area (Å²) in [5, 5.41) is 3.50. The van der Waals surface area contributed by atoms with Gasteiger partial charge in [-0.3, -0.25) is 4.79 Å². The number of hydrogen-bond acceptors (Lipinski definition) is 3. The highest BCUT2D eigenvalue weighted by atomic mass is 35.5. The summed E-state index contributed by atoms with van der Waals surface area (Å²) in [6.45, 7) is 3.19. The van der Waals surface area contributed by atoms with E-state index in [-0.39, 0.29) is 5.91 Å². The lowest BCUT2D eigenvalue weighted by Crippen LogP contribution is -2.24. The summed E-state index contributed by atoms with van der Waals surface area (Å²) in [7, 11) is 1.59. The largest absolute Gasteiger partial charge is 0.496 e. The first-order valence-electron chi connectivity index (χ1n) is 7.40. The van der Waals surface area contributed by atoms with Gasteiger partial charge in [-0.25, -0.2) is 0 Å². The lowest BCUT2D eigenvalue weighted by atomic mass is 9.96. The predicted octanol–water partition coefficient (Wildman–Crippen LogP) is 3.12. The third-order valence-electron chi connectivity index (χ3n) is 3.69. The highest BCUT2D eigenvalue weighted by molar-refractivity contribution is 6.31. The maximum Gasteiger partial charge on any atom is 0.220 e. The Morgan fingerprint density at radius 2 is 2.19 bits per heavy atom. The summed E-state index contributed by atoms with van der Waals surface area (Å²) in [5.74, 6) is 1.25. The van der Waals surface area contributed by atoms with Crippen LogP contribution in [0, 0.1) is 5.92 Å². The minimum absolute atomic E-state index is 0.0347. The van der Waals surface area contributed by atoms with Crippen LogP contribution in [0.4, 0.5) is 0 Å². The van der Waals surface area contributed by atoms with Crippen LogP contribution in [0.15, 0.2) is 18.2 Å². The van der Waals surface area contributed by atoms with Crippen LogP contribution in [0.3, 0.4) is 0 Å². The fourth-order valence-electron chi connectivity index (χ4n) is 2.30. The standard InChI is InChI=1S/C16H25ClN2O2/c1-3-12(9-10-18)7-8-16(20)19-11-13-14(17)5-4-6-15(13)21-2/h4-6,12H,3,7-11,18H2,1-2H3,(H,19,20). The first-order chi connectivity index (χ1) is 10.1. The molecule has 0 saturated heterocycles. The van der Waals surface area contributed by atoms with Crippen LogP contribution in [-0.4, -0.2) is 19.6 Å². The van der Waals surface area contributed by atoms with Gasteiger partial charge in [0.1, 0.15) is 5.75 Å². The van der Waals surface area contributed by atoms with Crippen molar-refractivity contribution in [3.8, 4) is 5.75 Å². The summed E-state index contributed by atoms with van der Waals surface area (Å²) in [4.78, 5) is 11.9. The molecular formula is C16H25ClN2O2. The van der Waals surface area contributed by atoms with Crippen molar-refractivity contribution in [3.63, 3.8) is 0 Å². The number of ether oxygens (including phenoxy) is 1. The molecule has 21 heavy (non-hydrogen) atoms. The highest BCUT2D eigenvalue weighted by Gasteiger charge is 2.11. The molecule has 0 heterocycles. The lowest BCUT2D eigenvalue weighted by molar-refractivity contribution is -0.121. The summed E-state index contributed by atoms with van der Waals surface area (Å²) in [6, 6.07) is 5.45. The van der Waals surface area contributed by atoms with Crippen LogP contribution >= 0.6 is 11.6 Å². The highest BCUT2D eigenvalue weighted by Crippen LogP contribution is 2.26. The van der Waals surface area contributed by atoms with E-state index < -0.39 is 0 Å². The fraction of sp³-hybridized carbons (Fsp3) is 0.562. The van der Waals surface area contributed by atoms with Crippen molar-refractivity contribution in [2.75, 3.05) is 13.7 Å². The average molecular weight is 313 g/mol. The zero-order valence-electron chi connectivity index (χ0n) is 12.8. The van der Waals surface area contributed by atoms with Crippen LogP contribution in [-0.2, 0) is 11.3 Å². The number of hydrogen-bond donors (Lipinski definition) is 2. The van der Waals surface area contributed by atoms with Crippen molar-refractivity contribution in [2.45, 2.75) is 39.2 Å². The summed E-state index contributed by atoms with van der Waals surface area (Å²) < 4.78 is 5.26. The monoisotopic (exact) mass is 312 g/mol. The molecule has 1 rings (SSSR count). The number of methoxy groups -OCH3 is 1. The molecule has 5 heteroatoms. The SMILES string of the molecule is CCC(CCN)CCC(=O)NCc1c(Cl)cccc1OC. The van der Waals surface area contributed by atoms with Gasteiger partial charge in [-0.1, -0.05) is 31.0 Å². The molecule has 0 spiro atoms. The molecule has 0 bridgehead atoms. The maximum atomic E-state index is 11.9. The Balaban J connectivity index is 2.46. The molecule has 0 aliphatic heterocycles. The molecule has 0 saturated carbocycles. The fourth-order valence-corrected chi connectivity index (χ4v) is 2.53. The second-order valence-electron chi connectivity index (χ2n) is 5.09. The number of nitrogens with one attached hydrogen (secondary N) is 1. The Labute approximate surface area is 132 Å². The van der Waals surface area contributed by atoms with Crippen molar-refractivity contribution >= 4 is 17.5 Å². The molecule has 1 aromatic rings. The zero-order valence-corrected chi connectivity index (χ0v) is 13.6. The quantitative estimate of drug-likeness (QED) is 0.736. The van der Waals surface area contributed by atoms with Crippen molar-refractivity contribution in [3.05, 3.63) is 28.8 Å². The van der Waals surface area contributed by atoms with E-state index in [0.29, 0.717) is 36.2 Å². The smallest absolute Gasteiger partial charge is 0.220 e. The number of carbonyl (C=O) groups is 1. The van der Waals surface area contributed by atoms with Crippen LogP contribution < -0.4 is 15.8 Å². The molecule has 3 N–H and O–H groups in total. The average Bonchev–Trinajstić information content (AvgIpc) is 2.49. The maximum absolute atomic E-state index is 11.9. The number of rotatable bonds is 9. The summed E-state index contributed by atoms with van der Waals surface area (Å²) in [5.41, 5.74) is 6.37. The van der Waals surface area contributed by atoms with Gasteiger partial charge in [0.25, 0.3) is 0 Å². The van der Waals surface area contributed by atoms with Crippen LogP contribution in [0.2, 0.25) is 5.02 Å². The summed E-state index contributed by atoms with van der Waals surface area (Å²) in [6.07, 6.45) is 3.43. The van der Waals surface area contributed by atoms with E-state index in [0.717, 1.165) is 24.8 Å². The molecule has 1 unspecified atom stereocenters. The normalized spacial score (nSPS) is 12.0. The minimum Gasteiger partial charge on any atom is -0.496 e. The van der Waals surface area contributed by atoms with E-state index in [1.165, 1.54) is 0 Å². The second-order valence-corrected chi connectivity index (χ2v) is 5.49. The Morgan fingerprint density at radius 1 is 1.43 bits per heavy atom. The number of benzene rings is 1. The van der Waals surface area contributed by atoms with Gasteiger partial charge in [-0.2, -0.15) is 0 Å². The number of halogens is 1. The van der Waals surface area contributed by atoms with Crippen molar-refractivity contribution in [1.29, 1.82) is 0 Å². The van der Waals surface area contributed by atoms with E-state index in [1.807, 2.05) is 12.1 Å². The summed E-state index contributed by atoms with van der Waals surface area (Å²) >= 11 is 6.14. The first kappa shape index (κ1) is 17.8. The van der Waals surface area contributed by atoms with E-state index in [1.54, 1.807) is 13.2 Å². The molecule has 0 aromatic heterocycles.